The Bertz CT molecular complexity index is 720. The van der Waals surface area contributed by atoms with Gasteiger partial charge in [-0.25, -0.2) is 0 Å². The van der Waals surface area contributed by atoms with Crippen LogP contribution in [0.3, 0.4) is 0 Å². The van der Waals surface area contributed by atoms with E-state index in [4.69, 9.17) is 14.2 Å². The van der Waals surface area contributed by atoms with Gasteiger partial charge in [-0.1, -0.05) is 12.1 Å². The molecule has 1 heterocycles. The molecule has 2 aromatic rings. The molecule has 132 valence electrons. The summed E-state index contributed by atoms with van der Waals surface area (Å²) >= 11 is 1.63. The Kier molecular flexibility index (Phi) is 5.71. The molecule has 6 heteroatoms. The van der Waals surface area contributed by atoms with E-state index in [1.165, 1.54) is 0 Å². The molecule has 2 aromatic carbocycles. The van der Waals surface area contributed by atoms with E-state index in [0.717, 1.165) is 22.8 Å². The van der Waals surface area contributed by atoms with Crippen LogP contribution < -0.4 is 14.2 Å². The molecule has 5 nitrogen and oxygen atoms in total. The molecular weight excluding hydrogens is 338 g/mol. The number of nitrogens with zero attached hydrogens (tertiary/aromatic N) is 1. The predicted octanol–water partition coefficient (Wildman–Crippen LogP) is 3.36. The van der Waals surface area contributed by atoms with Gasteiger partial charge in [0.25, 0.3) is 0 Å². The summed E-state index contributed by atoms with van der Waals surface area (Å²) < 4.78 is 16.2. The van der Waals surface area contributed by atoms with E-state index in [-0.39, 0.29) is 11.3 Å². The van der Waals surface area contributed by atoms with Gasteiger partial charge in [-0.3, -0.25) is 4.79 Å². The van der Waals surface area contributed by atoms with Crippen LogP contribution in [-0.4, -0.2) is 43.9 Å². The van der Waals surface area contributed by atoms with Gasteiger partial charge in [0.2, 0.25) is 5.91 Å². The Balaban J connectivity index is 1.61. The fourth-order valence-corrected chi connectivity index (χ4v) is 3.91. The SMILES string of the molecule is COc1ccc(OCCN2C(=O)CSC2c2cccc(OC)c2)cc1. The topological polar surface area (TPSA) is 48.0 Å². The van der Waals surface area contributed by atoms with Gasteiger partial charge in [-0.15, -0.1) is 11.8 Å². The fourth-order valence-electron chi connectivity index (χ4n) is 2.70. The van der Waals surface area contributed by atoms with Gasteiger partial charge in [0.1, 0.15) is 29.2 Å². The van der Waals surface area contributed by atoms with Gasteiger partial charge in [0.15, 0.2) is 0 Å². The summed E-state index contributed by atoms with van der Waals surface area (Å²) in [6, 6.07) is 15.3. The van der Waals surface area contributed by atoms with Crippen LogP contribution in [0.1, 0.15) is 10.9 Å². The standard InChI is InChI=1S/C19H21NO4S/c1-22-15-6-8-16(9-7-15)24-11-10-20-18(21)13-25-19(20)14-4-3-5-17(12-14)23-2/h3-9,12,19H,10-11,13H2,1-2H3. The van der Waals surface area contributed by atoms with E-state index in [1.54, 1.807) is 26.0 Å². The van der Waals surface area contributed by atoms with Crippen molar-refractivity contribution in [1.82, 2.24) is 4.90 Å². The maximum Gasteiger partial charge on any atom is 0.233 e. The van der Waals surface area contributed by atoms with E-state index in [1.807, 2.05) is 53.4 Å². The number of hydrogen-bond acceptors (Lipinski definition) is 5. The van der Waals surface area contributed by atoms with Gasteiger partial charge in [-0.05, 0) is 42.0 Å². The lowest BCUT2D eigenvalue weighted by Crippen LogP contribution is -2.32. The highest BCUT2D eigenvalue weighted by Crippen LogP contribution is 2.39. The van der Waals surface area contributed by atoms with Gasteiger partial charge in [0.05, 0.1) is 26.5 Å². The molecule has 1 unspecified atom stereocenters. The molecule has 0 aliphatic carbocycles. The first-order chi connectivity index (χ1) is 12.2. The van der Waals surface area contributed by atoms with Crippen LogP contribution in [-0.2, 0) is 4.79 Å². The highest BCUT2D eigenvalue weighted by atomic mass is 32.2. The fraction of sp³-hybridized carbons (Fsp3) is 0.316. The van der Waals surface area contributed by atoms with Crippen LogP contribution in [0, 0.1) is 0 Å². The zero-order valence-electron chi connectivity index (χ0n) is 14.3. The molecule has 0 spiro atoms. The summed E-state index contributed by atoms with van der Waals surface area (Å²) in [5, 5.41) is 0.00191. The minimum absolute atomic E-state index is 0.00191. The number of hydrogen-bond donors (Lipinski definition) is 0. The lowest BCUT2D eigenvalue weighted by molar-refractivity contribution is -0.128. The lowest BCUT2D eigenvalue weighted by Gasteiger charge is -2.24. The Hall–Kier alpha value is -2.34. The molecule has 1 saturated heterocycles. The average molecular weight is 359 g/mol. The van der Waals surface area contributed by atoms with Gasteiger partial charge < -0.3 is 19.1 Å². The summed E-state index contributed by atoms with van der Waals surface area (Å²) in [6.45, 7) is 0.985. The summed E-state index contributed by atoms with van der Waals surface area (Å²) in [4.78, 5) is 14.1. The highest BCUT2D eigenvalue weighted by Gasteiger charge is 2.32. The lowest BCUT2D eigenvalue weighted by atomic mass is 10.2. The molecule has 1 amide bonds. The Morgan fingerprint density at radius 2 is 1.76 bits per heavy atom. The number of methoxy groups -OCH3 is 2. The van der Waals surface area contributed by atoms with E-state index < -0.39 is 0 Å². The summed E-state index contributed by atoms with van der Waals surface area (Å²) in [5.74, 6) is 2.97. The normalized spacial score (nSPS) is 16.8. The number of rotatable bonds is 7. The third kappa shape index (κ3) is 4.20. The first kappa shape index (κ1) is 17.5. The molecule has 0 aromatic heterocycles. The van der Waals surface area contributed by atoms with Crippen molar-refractivity contribution in [2.45, 2.75) is 5.37 Å². The van der Waals surface area contributed by atoms with Crippen molar-refractivity contribution in [2.24, 2.45) is 0 Å². The minimum Gasteiger partial charge on any atom is -0.497 e. The van der Waals surface area contributed by atoms with Crippen molar-refractivity contribution >= 4 is 17.7 Å². The Morgan fingerprint density at radius 3 is 2.48 bits per heavy atom. The van der Waals surface area contributed by atoms with Crippen molar-refractivity contribution in [3.63, 3.8) is 0 Å². The second-order valence-corrected chi connectivity index (χ2v) is 6.62. The van der Waals surface area contributed by atoms with Crippen molar-refractivity contribution in [3.05, 3.63) is 54.1 Å². The van der Waals surface area contributed by atoms with E-state index in [0.29, 0.717) is 18.9 Å². The number of thioether (sulfide) groups is 1. The molecule has 1 atom stereocenters. The summed E-state index contributed by atoms with van der Waals surface area (Å²) in [6.07, 6.45) is 0. The third-order valence-corrected chi connectivity index (χ3v) is 5.26. The van der Waals surface area contributed by atoms with Crippen molar-refractivity contribution in [3.8, 4) is 17.2 Å². The van der Waals surface area contributed by atoms with Crippen LogP contribution in [0.25, 0.3) is 0 Å². The molecule has 1 fully saturated rings. The minimum atomic E-state index is 0.00191. The highest BCUT2D eigenvalue weighted by molar-refractivity contribution is 8.00. The molecule has 25 heavy (non-hydrogen) atoms. The first-order valence-corrected chi connectivity index (χ1v) is 9.08. The van der Waals surface area contributed by atoms with E-state index in [2.05, 4.69) is 0 Å². The van der Waals surface area contributed by atoms with Crippen LogP contribution in [0.4, 0.5) is 0 Å². The van der Waals surface area contributed by atoms with Gasteiger partial charge in [0, 0.05) is 0 Å². The zero-order valence-corrected chi connectivity index (χ0v) is 15.1. The number of carbonyl (C=O) groups excluding carboxylic acids is 1. The van der Waals surface area contributed by atoms with Crippen molar-refractivity contribution < 1.29 is 19.0 Å². The molecule has 0 saturated carbocycles. The molecule has 1 aliphatic rings. The molecule has 1 aliphatic heterocycles. The summed E-state index contributed by atoms with van der Waals surface area (Å²) in [5.41, 5.74) is 1.07. The maximum atomic E-state index is 12.2. The average Bonchev–Trinajstić information content (AvgIpc) is 3.03. The van der Waals surface area contributed by atoms with Crippen LogP contribution >= 0.6 is 11.8 Å². The molecule has 3 rings (SSSR count). The second kappa shape index (κ2) is 8.16. The summed E-state index contributed by atoms with van der Waals surface area (Å²) in [7, 11) is 3.28. The second-order valence-electron chi connectivity index (χ2n) is 5.55. The van der Waals surface area contributed by atoms with E-state index in [9.17, 15) is 4.79 Å². The third-order valence-electron chi connectivity index (χ3n) is 4.01. The number of ether oxygens (including phenoxy) is 3. The van der Waals surface area contributed by atoms with Crippen LogP contribution in [0.5, 0.6) is 17.2 Å². The van der Waals surface area contributed by atoms with Crippen LogP contribution in [0.2, 0.25) is 0 Å². The van der Waals surface area contributed by atoms with E-state index >= 15 is 0 Å². The van der Waals surface area contributed by atoms with Gasteiger partial charge in [-0.2, -0.15) is 0 Å². The zero-order chi connectivity index (χ0) is 17.6. The quantitative estimate of drug-likeness (QED) is 0.759. The molecular formula is C19H21NO4S. The number of amides is 1. The number of benzene rings is 2. The van der Waals surface area contributed by atoms with Crippen molar-refractivity contribution in [1.29, 1.82) is 0 Å². The largest absolute Gasteiger partial charge is 0.497 e. The molecule has 0 N–H and O–H groups in total. The maximum absolute atomic E-state index is 12.2. The van der Waals surface area contributed by atoms with Gasteiger partial charge >= 0.3 is 0 Å². The van der Waals surface area contributed by atoms with Crippen LogP contribution in [0.15, 0.2) is 48.5 Å². The molecule has 0 bridgehead atoms. The Morgan fingerprint density at radius 1 is 1.04 bits per heavy atom. The smallest absolute Gasteiger partial charge is 0.233 e. The Labute approximate surface area is 151 Å². The molecule has 0 radical (unpaired) electrons. The monoisotopic (exact) mass is 359 g/mol. The number of carbonyl (C=O) groups is 1. The first-order valence-electron chi connectivity index (χ1n) is 8.03. The predicted molar refractivity (Wildman–Crippen MR) is 98.4 cm³/mol. The van der Waals surface area contributed by atoms with Crippen molar-refractivity contribution in [2.75, 3.05) is 33.1 Å².